The summed E-state index contributed by atoms with van der Waals surface area (Å²) in [5.41, 5.74) is 6.95. The van der Waals surface area contributed by atoms with Crippen LogP contribution in [0, 0.1) is 12.8 Å². The minimum Gasteiger partial charge on any atom is -0.398 e. The van der Waals surface area contributed by atoms with Crippen LogP contribution in [0.3, 0.4) is 0 Å². The zero-order valence-corrected chi connectivity index (χ0v) is 13.0. The Bertz CT molecular complexity index is 569. The molecule has 0 bridgehead atoms. The molecule has 5 heteroatoms. The van der Waals surface area contributed by atoms with Crippen LogP contribution < -0.4 is 10.5 Å². The van der Waals surface area contributed by atoms with Gasteiger partial charge in [0.25, 0.3) is 0 Å². The van der Waals surface area contributed by atoms with Gasteiger partial charge in [-0.15, -0.1) is 0 Å². The molecule has 1 aromatic rings. The van der Waals surface area contributed by atoms with Crippen LogP contribution in [0.2, 0.25) is 0 Å². The molecule has 0 amide bonds. The van der Waals surface area contributed by atoms with E-state index in [9.17, 15) is 8.42 Å². The van der Waals surface area contributed by atoms with Gasteiger partial charge in [0.05, 0.1) is 4.90 Å². The van der Waals surface area contributed by atoms with Gasteiger partial charge in [0.1, 0.15) is 0 Å². The first-order chi connectivity index (χ1) is 9.42. The van der Waals surface area contributed by atoms with Gasteiger partial charge in [-0.25, -0.2) is 13.1 Å². The summed E-state index contributed by atoms with van der Waals surface area (Å²) in [5.74, 6) is 0.383. The van der Waals surface area contributed by atoms with Gasteiger partial charge in [-0.3, -0.25) is 0 Å². The van der Waals surface area contributed by atoms with E-state index < -0.39 is 10.0 Å². The highest BCUT2D eigenvalue weighted by atomic mass is 32.2. The fraction of sp³-hybridized carbons (Fsp3) is 0.600. The SMILES string of the molecule is Cc1c(N)cccc1S(=O)(=O)NC1CCCCCC1C. The van der Waals surface area contributed by atoms with Gasteiger partial charge in [-0.1, -0.05) is 32.3 Å². The third-order valence-electron chi connectivity index (χ3n) is 4.28. The Hall–Kier alpha value is -1.07. The van der Waals surface area contributed by atoms with E-state index in [1.165, 1.54) is 12.8 Å². The van der Waals surface area contributed by atoms with Crippen LogP contribution in [0.4, 0.5) is 5.69 Å². The average Bonchev–Trinajstić information content (AvgIpc) is 2.58. The maximum absolute atomic E-state index is 12.6. The number of benzene rings is 1. The van der Waals surface area contributed by atoms with Gasteiger partial charge < -0.3 is 5.73 Å². The molecule has 2 unspecified atom stereocenters. The van der Waals surface area contributed by atoms with E-state index in [4.69, 9.17) is 5.73 Å². The number of rotatable bonds is 3. The highest BCUT2D eigenvalue weighted by Gasteiger charge is 2.26. The molecule has 112 valence electrons. The first-order valence-electron chi connectivity index (χ1n) is 7.29. The minimum absolute atomic E-state index is 0.0309. The Labute approximate surface area is 121 Å². The lowest BCUT2D eigenvalue weighted by atomic mass is 9.98. The Morgan fingerprint density at radius 2 is 1.90 bits per heavy atom. The predicted molar refractivity (Wildman–Crippen MR) is 81.9 cm³/mol. The molecule has 0 aliphatic heterocycles. The molecule has 2 rings (SSSR count). The quantitative estimate of drug-likeness (QED) is 0.665. The third kappa shape index (κ3) is 3.33. The largest absolute Gasteiger partial charge is 0.398 e. The standard InChI is InChI=1S/C15H24N2O2S/c1-11-7-4-3-5-9-14(11)17-20(18,19)15-10-6-8-13(16)12(15)2/h6,8,10-11,14,17H,3-5,7,9,16H2,1-2H3. The van der Waals surface area contributed by atoms with Crippen molar-refractivity contribution in [2.75, 3.05) is 5.73 Å². The molecule has 0 radical (unpaired) electrons. The molecule has 1 aliphatic carbocycles. The first-order valence-corrected chi connectivity index (χ1v) is 8.77. The normalized spacial score (nSPS) is 24.3. The van der Waals surface area contributed by atoms with E-state index in [0.29, 0.717) is 22.1 Å². The summed E-state index contributed by atoms with van der Waals surface area (Å²) in [6.07, 6.45) is 5.48. The van der Waals surface area contributed by atoms with Crippen LogP contribution in [0.15, 0.2) is 23.1 Å². The molecule has 4 nitrogen and oxygen atoms in total. The maximum atomic E-state index is 12.6. The summed E-state index contributed by atoms with van der Waals surface area (Å²) in [6.45, 7) is 3.88. The number of nitrogens with two attached hydrogens (primary N) is 1. The second kappa shape index (κ2) is 6.14. The second-order valence-corrected chi connectivity index (χ2v) is 7.50. The van der Waals surface area contributed by atoms with E-state index >= 15 is 0 Å². The number of nitrogens with one attached hydrogen (secondary N) is 1. The number of hydrogen-bond acceptors (Lipinski definition) is 3. The molecular formula is C15H24N2O2S. The van der Waals surface area contributed by atoms with Crippen molar-refractivity contribution in [1.82, 2.24) is 4.72 Å². The molecule has 0 saturated heterocycles. The molecule has 20 heavy (non-hydrogen) atoms. The van der Waals surface area contributed by atoms with E-state index in [1.807, 2.05) is 0 Å². The van der Waals surface area contributed by atoms with Gasteiger partial charge in [-0.2, -0.15) is 0 Å². The molecule has 1 saturated carbocycles. The van der Waals surface area contributed by atoms with Gasteiger partial charge in [0.15, 0.2) is 0 Å². The smallest absolute Gasteiger partial charge is 0.241 e. The monoisotopic (exact) mass is 296 g/mol. The van der Waals surface area contributed by atoms with Crippen molar-refractivity contribution >= 4 is 15.7 Å². The highest BCUT2D eigenvalue weighted by molar-refractivity contribution is 7.89. The van der Waals surface area contributed by atoms with E-state index in [2.05, 4.69) is 11.6 Å². The molecule has 2 atom stereocenters. The van der Waals surface area contributed by atoms with E-state index in [0.717, 1.165) is 19.3 Å². The molecule has 0 spiro atoms. The first kappa shape index (κ1) is 15.3. The summed E-state index contributed by atoms with van der Waals surface area (Å²) in [4.78, 5) is 0.300. The number of hydrogen-bond donors (Lipinski definition) is 2. The second-order valence-electron chi connectivity index (χ2n) is 5.81. The Kier molecular flexibility index (Phi) is 4.70. The van der Waals surface area contributed by atoms with Crippen molar-refractivity contribution in [2.24, 2.45) is 5.92 Å². The van der Waals surface area contributed by atoms with Crippen LogP contribution in [-0.2, 0) is 10.0 Å². The van der Waals surface area contributed by atoms with Gasteiger partial charge in [0, 0.05) is 11.7 Å². The highest BCUT2D eigenvalue weighted by Crippen LogP contribution is 2.26. The zero-order chi connectivity index (χ0) is 14.8. The van der Waals surface area contributed by atoms with Crippen molar-refractivity contribution in [2.45, 2.75) is 56.9 Å². The Balaban J connectivity index is 2.24. The van der Waals surface area contributed by atoms with Crippen molar-refractivity contribution in [3.63, 3.8) is 0 Å². The van der Waals surface area contributed by atoms with Crippen molar-refractivity contribution < 1.29 is 8.42 Å². The average molecular weight is 296 g/mol. The lowest BCUT2D eigenvalue weighted by molar-refractivity contribution is 0.399. The Morgan fingerprint density at radius 1 is 1.20 bits per heavy atom. The summed E-state index contributed by atoms with van der Waals surface area (Å²) >= 11 is 0. The molecule has 0 aromatic heterocycles. The molecular weight excluding hydrogens is 272 g/mol. The lowest BCUT2D eigenvalue weighted by Crippen LogP contribution is -2.39. The summed E-state index contributed by atoms with van der Waals surface area (Å²) in [6, 6.07) is 5.06. The number of nitrogen functional groups attached to an aromatic ring is 1. The Morgan fingerprint density at radius 3 is 2.65 bits per heavy atom. The minimum atomic E-state index is -3.49. The van der Waals surface area contributed by atoms with Crippen LogP contribution in [-0.4, -0.2) is 14.5 Å². The summed E-state index contributed by atoms with van der Waals surface area (Å²) < 4.78 is 28.0. The fourth-order valence-corrected chi connectivity index (χ4v) is 4.51. The molecule has 1 aromatic carbocycles. The number of anilines is 1. The van der Waals surface area contributed by atoms with Crippen LogP contribution in [0.25, 0.3) is 0 Å². The van der Waals surface area contributed by atoms with Gasteiger partial charge in [0.2, 0.25) is 10.0 Å². The van der Waals surface area contributed by atoms with Crippen molar-refractivity contribution in [3.05, 3.63) is 23.8 Å². The van der Waals surface area contributed by atoms with Crippen molar-refractivity contribution in [3.8, 4) is 0 Å². The van der Waals surface area contributed by atoms with E-state index in [1.54, 1.807) is 25.1 Å². The topological polar surface area (TPSA) is 72.2 Å². The molecule has 1 aliphatic rings. The maximum Gasteiger partial charge on any atom is 0.241 e. The van der Waals surface area contributed by atoms with Gasteiger partial charge in [-0.05, 0) is 43.4 Å². The van der Waals surface area contributed by atoms with Crippen LogP contribution >= 0.6 is 0 Å². The van der Waals surface area contributed by atoms with Gasteiger partial charge >= 0.3 is 0 Å². The summed E-state index contributed by atoms with van der Waals surface area (Å²) in [7, 11) is -3.49. The zero-order valence-electron chi connectivity index (χ0n) is 12.2. The van der Waals surface area contributed by atoms with Crippen LogP contribution in [0.1, 0.15) is 44.6 Å². The van der Waals surface area contributed by atoms with Crippen molar-refractivity contribution in [1.29, 1.82) is 0 Å². The lowest BCUT2D eigenvalue weighted by Gasteiger charge is -2.23. The summed E-state index contributed by atoms with van der Waals surface area (Å²) in [5, 5.41) is 0. The van der Waals surface area contributed by atoms with Crippen LogP contribution in [0.5, 0.6) is 0 Å². The molecule has 3 N–H and O–H groups in total. The predicted octanol–water partition coefficient (Wildman–Crippen LogP) is 2.82. The molecule has 1 fully saturated rings. The van der Waals surface area contributed by atoms with E-state index in [-0.39, 0.29) is 6.04 Å². The fourth-order valence-electron chi connectivity index (χ4n) is 2.85. The molecule has 0 heterocycles. The third-order valence-corrected chi connectivity index (χ3v) is 5.92. The number of sulfonamides is 1.